The highest BCUT2D eigenvalue weighted by atomic mass is 16.5. The molecule has 0 fully saturated rings. The van der Waals surface area contributed by atoms with Crippen LogP contribution < -0.4 is 9.47 Å². The molecule has 1 aromatic rings. The molecule has 0 bridgehead atoms. The first-order valence-electron chi connectivity index (χ1n) is 5.73. The molecule has 5 heteroatoms. The number of benzene rings is 1. The van der Waals surface area contributed by atoms with Gasteiger partial charge in [0.25, 0.3) is 0 Å². The Bertz CT molecular complexity index is 439. The third-order valence-electron chi connectivity index (χ3n) is 2.20. The number of hydrogen-bond acceptors (Lipinski definition) is 4. The van der Waals surface area contributed by atoms with E-state index in [1.54, 1.807) is 0 Å². The van der Waals surface area contributed by atoms with Crippen molar-refractivity contribution in [2.45, 2.75) is 26.7 Å². The molecule has 0 unspecified atom stereocenters. The predicted octanol–water partition coefficient (Wildman–Crippen LogP) is 2.49. The molecule has 0 aliphatic carbocycles. The Hall–Kier alpha value is -2.04. The number of aromatic carboxylic acids is 1. The van der Waals surface area contributed by atoms with Gasteiger partial charge in [-0.05, 0) is 24.6 Å². The molecule has 5 nitrogen and oxygen atoms in total. The van der Waals surface area contributed by atoms with E-state index in [4.69, 9.17) is 14.6 Å². The van der Waals surface area contributed by atoms with Crippen LogP contribution in [0.5, 0.6) is 11.5 Å². The van der Waals surface area contributed by atoms with Gasteiger partial charge in [0.15, 0.2) is 0 Å². The summed E-state index contributed by atoms with van der Waals surface area (Å²) in [6, 6.07) is 4.29. The molecular weight excluding hydrogens is 236 g/mol. The first kappa shape index (κ1) is 14.0. The second-order valence-electron chi connectivity index (χ2n) is 3.76. The molecule has 0 heterocycles. The van der Waals surface area contributed by atoms with Crippen LogP contribution in [0.2, 0.25) is 0 Å². The highest BCUT2D eigenvalue weighted by molar-refractivity contribution is 5.91. The summed E-state index contributed by atoms with van der Waals surface area (Å²) in [5, 5.41) is 9.06. The van der Waals surface area contributed by atoms with Gasteiger partial charge in [-0.3, -0.25) is 4.79 Å². The number of carbonyl (C=O) groups excluding carboxylic acids is 1. The number of carboxylic acids is 1. The summed E-state index contributed by atoms with van der Waals surface area (Å²) in [4.78, 5) is 21.9. The maximum absolute atomic E-state index is 11.1. The zero-order valence-electron chi connectivity index (χ0n) is 10.4. The molecule has 98 valence electrons. The van der Waals surface area contributed by atoms with E-state index in [0.717, 1.165) is 12.8 Å². The molecule has 0 saturated heterocycles. The molecular formula is C13H16O5. The van der Waals surface area contributed by atoms with Crippen molar-refractivity contribution in [1.29, 1.82) is 0 Å². The van der Waals surface area contributed by atoms with Gasteiger partial charge in [-0.25, -0.2) is 4.79 Å². The SMILES string of the molecule is CCCCOc1ccc(OC(C)=O)cc1C(=O)O. The van der Waals surface area contributed by atoms with E-state index in [0.29, 0.717) is 6.61 Å². The van der Waals surface area contributed by atoms with Crippen molar-refractivity contribution >= 4 is 11.9 Å². The average Bonchev–Trinajstić information content (AvgIpc) is 2.30. The summed E-state index contributed by atoms with van der Waals surface area (Å²) in [5.74, 6) is -1.13. The molecule has 0 aliphatic heterocycles. The lowest BCUT2D eigenvalue weighted by atomic mass is 10.2. The molecule has 1 N–H and O–H groups in total. The number of carbonyl (C=O) groups is 2. The molecule has 1 aromatic carbocycles. The first-order chi connectivity index (χ1) is 8.54. The average molecular weight is 252 g/mol. The van der Waals surface area contributed by atoms with E-state index in [1.807, 2.05) is 6.92 Å². The molecule has 0 radical (unpaired) electrons. The second kappa shape index (κ2) is 6.64. The fourth-order valence-corrected chi connectivity index (χ4v) is 1.36. The van der Waals surface area contributed by atoms with Crippen molar-refractivity contribution in [3.8, 4) is 11.5 Å². The zero-order chi connectivity index (χ0) is 13.5. The van der Waals surface area contributed by atoms with Gasteiger partial charge in [-0.15, -0.1) is 0 Å². The van der Waals surface area contributed by atoms with Gasteiger partial charge in [0.05, 0.1) is 6.61 Å². The van der Waals surface area contributed by atoms with Gasteiger partial charge in [-0.1, -0.05) is 13.3 Å². The van der Waals surface area contributed by atoms with E-state index in [2.05, 4.69) is 0 Å². The van der Waals surface area contributed by atoms with Crippen LogP contribution in [-0.2, 0) is 4.79 Å². The van der Waals surface area contributed by atoms with Gasteiger partial charge >= 0.3 is 11.9 Å². The van der Waals surface area contributed by atoms with Crippen molar-refractivity contribution in [2.24, 2.45) is 0 Å². The first-order valence-corrected chi connectivity index (χ1v) is 5.73. The Kier molecular flexibility index (Phi) is 5.17. The largest absolute Gasteiger partial charge is 0.493 e. The lowest BCUT2D eigenvalue weighted by molar-refractivity contribution is -0.131. The van der Waals surface area contributed by atoms with Crippen molar-refractivity contribution in [3.63, 3.8) is 0 Å². The number of esters is 1. The van der Waals surface area contributed by atoms with Gasteiger partial charge in [0.1, 0.15) is 17.1 Å². The smallest absolute Gasteiger partial charge is 0.339 e. The topological polar surface area (TPSA) is 72.8 Å². The number of hydrogen-bond donors (Lipinski definition) is 1. The summed E-state index contributed by atoms with van der Waals surface area (Å²) in [7, 11) is 0. The van der Waals surface area contributed by atoms with E-state index in [-0.39, 0.29) is 17.1 Å². The van der Waals surface area contributed by atoms with Gasteiger partial charge in [-0.2, -0.15) is 0 Å². The van der Waals surface area contributed by atoms with Crippen LogP contribution in [0.15, 0.2) is 18.2 Å². The number of carboxylic acid groups (broad SMARTS) is 1. The van der Waals surface area contributed by atoms with Gasteiger partial charge in [0, 0.05) is 6.92 Å². The van der Waals surface area contributed by atoms with Crippen LogP contribution in [0, 0.1) is 0 Å². The second-order valence-corrected chi connectivity index (χ2v) is 3.76. The van der Waals surface area contributed by atoms with Crippen molar-refractivity contribution < 1.29 is 24.2 Å². The summed E-state index contributed by atoms with van der Waals surface area (Å²) in [6.45, 7) is 3.74. The molecule has 0 spiro atoms. The highest BCUT2D eigenvalue weighted by Gasteiger charge is 2.13. The minimum absolute atomic E-state index is 0.00940. The Labute approximate surface area is 105 Å². The van der Waals surface area contributed by atoms with Crippen LogP contribution in [0.3, 0.4) is 0 Å². The molecule has 0 amide bonds. The minimum Gasteiger partial charge on any atom is -0.493 e. The Balaban J connectivity index is 2.90. The molecule has 0 saturated carbocycles. The molecule has 0 aliphatic rings. The lowest BCUT2D eigenvalue weighted by Gasteiger charge is -2.10. The molecule has 0 atom stereocenters. The maximum Gasteiger partial charge on any atom is 0.339 e. The van der Waals surface area contributed by atoms with E-state index in [1.165, 1.54) is 25.1 Å². The van der Waals surface area contributed by atoms with Crippen molar-refractivity contribution in [2.75, 3.05) is 6.61 Å². The monoisotopic (exact) mass is 252 g/mol. The third kappa shape index (κ3) is 4.08. The van der Waals surface area contributed by atoms with Gasteiger partial charge < -0.3 is 14.6 Å². The van der Waals surface area contributed by atoms with E-state index < -0.39 is 11.9 Å². The van der Waals surface area contributed by atoms with E-state index in [9.17, 15) is 9.59 Å². The number of unbranched alkanes of at least 4 members (excludes halogenated alkanes) is 1. The third-order valence-corrected chi connectivity index (χ3v) is 2.20. The summed E-state index contributed by atoms with van der Waals surface area (Å²) in [6.07, 6.45) is 1.82. The van der Waals surface area contributed by atoms with Crippen LogP contribution in [0.25, 0.3) is 0 Å². The minimum atomic E-state index is -1.12. The van der Waals surface area contributed by atoms with E-state index >= 15 is 0 Å². The fraction of sp³-hybridized carbons (Fsp3) is 0.385. The summed E-state index contributed by atoms with van der Waals surface area (Å²) >= 11 is 0. The number of rotatable bonds is 6. The van der Waals surface area contributed by atoms with Crippen LogP contribution in [0.4, 0.5) is 0 Å². The quantitative estimate of drug-likeness (QED) is 0.478. The normalized spacial score (nSPS) is 9.89. The summed E-state index contributed by atoms with van der Waals surface area (Å²) in [5.41, 5.74) is -0.00940. The fourth-order valence-electron chi connectivity index (χ4n) is 1.36. The lowest BCUT2D eigenvalue weighted by Crippen LogP contribution is -2.06. The van der Waals surface area contributed by atoms with Crippen LogP contribution in [-0.4, -0.2) is 23.7 Å². The molecule has 0 aromatic heterocycles. The van der Waals surface area contributed by atoms with Crippen molar-refractivity contribution in [1.82, 2.24) is 0 Å². The van der Waals surface area contributed by atoms with Gasteiger partial charge in [0.2, 0.25) is 0 Å². The molecule has 18 heavy (non-hydrogen) atoms. The Morgan fingerprint density at radius 3 is 2.61 bits per heavy atom. The zero-order valence-corrected chi connectivity index (χ0v) is 10.4. The maximum atomic E-state index is 11.1. The Morgan fingerprint density at radius 1 is 1.33 bits per heavy atom. The Morgan fingerprint density at radius 2 is 2.06 bits per heavy atom. The van der Waals surface area contributed by atoms with Crippen molar-refractivity contribution in [3.05, 3.63) is 23.8 Å². The standard InChI is InChI=1S/C13H16O5/c1-3-4-7-17-12-6-5-10(18-9(2)14)8-11(12)13(15)16/h5-6,8H,3-4,7H2,1-2H3,(H,15,16). The number of ether oxygens (including phenoxy) is 2. The highest BCUT2D eigenvalue weighted by Crippen LogP contribution is 2.24. The van der Waals surface area contributed by atoms with Crippen LogP contribution in [0.1, 0.15) is 37.0 Å². The predicted molar refractivity (Wildman–Crippen MR) is 65.1 cm³/mol. The molecule has 1 rings (SSSR count). The summed E-state index contributed by atoms with van der Waals surface area (Å²) < 4.78 is 10.2. The van der Waals surface area contributed by atoms with Crippen LogP contribution >= 0.6 is 0 Å².